The van der Waals surface area contributed by atoms with E-state index in [0.29, 0.717) is 27.7 Å². The summed E-state index contributed by atoms with van der Waals surface area (Å²) in [5, 5.41) is 17.2. The van der Waals surface area contributed by atoms with Gasteiger partial charge in [-0.2, -0.15) is 5.10 Å². The van der Waals surface area contributed by atoms with E-state index in [9.17, 15) is 19.5 Å². The van der Waals surface area contributed by atoms with E-state index in [2.05, 4.69) is 0 Å². The molecule has 2 aromatic carbocycles. The third kappa shape index (κ3) is 4.14. The quantitative estimate of drug-likeness (QED) is 0.207. The first-order valence-electron chi connectivity index (χ1n) is 16.0. The summed E-state index contributed by atoms with van der Waals surface area (Å²) in [7, 11) is 5.93. The maximum atomic E-state index is 15.0. The maximum absolute atomic E-state index is 15.0. The number of amides is 2. The first kappa shape index (κ1) is 32.1. The number of methoxy groups -OCH3 is 2. The second-order valence-corrected chi connectivity index (χ2v) is 14.7. The maximum Gasteiger partial charge on any atom is 0.347 e. The van der Waals surface area contributed by atoms with Crippen LogP contribution in [0.15, 0.2) is 57.6 Å². The van der Waals surface area contributed by atoms with Crippen molar-refractivity contribution in [1.82, 2.24) is 23.7 Å². The fourth-order valence-corrected chi connectivity index (χ4v) is 9.60. The molecule has 5 aromatic rings. The highest BCUT2D eigenvalue weighted by atomic mass is 35.5. The molecular weight excluding hydrogens is 684 g/mol. The summed E-state index contributed by atoms with van der Waals surface area (Å²) in [5.74, 6) is -2.19. The average molecular weight is 717 g/mol. The topological polar surface area (TPSA) is 143 Å². The number of carbonyl (C=O) groups excluding carboxylic acids is 2. The third-order valence-electron chi connectivity index (χ3n) is 10.8. The SMILES string of the molecule is COc1cc([C@H]2C3=CCn4c(=O)n(C)c(=O)n4[C@@H]3C[C@H]3C(=O)N(c4cc(-c5sc6ccc(Cl)cc6c5C)nn4C)C(=O)[C@@]23C)cc(OC)c1O. The van der Waals surface area contributed by atoms with Gasteiger partial charge in [0, 0.05) is 35.8 Å². The molecule has 50 heavy (non-hydrogen) atoms. The van der Waals surface area contributed by atoms with Crippen LogP contribution >= 0.6 is 22.9 Å². The lowest BCUT2D eigenvalue weighted by atomic mass is 9.56. The van der Waals surface area contributed by atoms with Crippen molar-refractivity contribution < 1.29 is 24.2 Å². The summed E-state index contributed by atoms with van der Waals surface area (Å²) >= 11 is 7.84. The van der Waals surface area contributed by atoms with E-state index in [-0.39, 0.29) is 30.2 Å². The molecule has 8 rings (SSSR count). The minimum absolute atomic E-state index is 0.0982. The lowest BCUT2D eigenvalue weighted by Crippen LogP contribution is -2.49. The molecule has 13 nitrogen and oxygen atoms in total. The number of hydrogen-bond acceptors (Lipinski definition) is 9. The van der Waals surface area contributed by atoms with Gasteiger partial charge in [0.25, 0.3) is 0 Å². The number of aromatic hydroxyl groups is 1. The van der Waals surface area contributed by atoms with E-state index in [1.807, 2.05) is 31.2 Å². The number of phenolic OH excluding ortho intramolecular Hbond substituents is 1. The van der Waals surface area contributed by atoms with Crippen molar-refractivity contribution >= 4 is 50.7 Å². The highest BCUT2D eigenvalue weighted by Crippen LogP contribution is 2.62. The molecular formula is C35H33ClN6O7S. The summed E-state index contributed by atoms with van der Waals surface area (Å²) < 4.78 is 17.4. The van der Waals surface area contributed by atoms with Gasteiger partial charge >= 0.3 is 11.4 Å². The Balaban J connectivity index is 1.31. The first-order valence-corrected chi connectivity index (χ1v) is 17.2. The first-order chi connectivity index (χ1) is 23.8. The predicted molar refractivity (Wildman–Crippen MR) is 187 cm³/mol. The van der Waals surface area contributed by atoms with Crippen LogP contribution in [0, 0.1) is 18.3 Å². The van der Waals surface area contributed by atoms with Crippen molar-refractivity contribution in [1.29, 1.82) is 0 Å². The summed E-state index contributed by atoms with van der Waals surface area (Å²) in [6.07, 6.45) is 1.97. The second kappa shape index (κ2) is 11.0. The smallest absolute Gasteiger partial charge is 0.347 e. The van der Waals surface area contributed by atoms with Crippen molar-refractivity contribution in [3.63, 3.8) is 0 Å². The van der Waals surface area contributed by atoms with E-state index >= 15 is 4.79 Å². The van der Waals surface area contributed by atoms with Crippen LogP contribution in [-0.4, -0.2) is 54.9 Å². The minimum Gasteiger partial charge on any atom is -0.502 e. The third-order valence-corrected chi connectivity index (χ3v) is 12.3. The number of rotatable bonds is 5. The van der Waals surface area contributed by atoms with E-state index in [0.717, 1.165) is 25.1 Å². The van der Waals surface area contributed by atoms with E-state index < -0.39 is 46.5 Å². The largest absolute Gasteiger partial charge is 0.502 e. The zero-order chi connectivity index (χ0) is 35.5. The van der Waals surface area contributed by atoms with Crippen LogP contribution < -0.4 is 25.8 Å². The van der Waals surface area contributed by atoms with Gasteiger partial charge in [0.05, 0.1) is 43.0 Å². The molecule has 1 aliphatic carbocycles. The Morgan fingerprint density at radius 1 is 1.02 bits per heavy atom. The highest BCUT2D eigenvalue weighted by Gasteiger charge is 2.66. The average Bonchev–Trinajstić information content (AvgIpc) is 3.76. The Bertz CT molecular complexity index is 2440. The molecule has 1 N–H and O–H groups in total. The highest BCUT2D eigenvalue weighted by molar-refractivity contribution is 7.22. The molecule has 15 heteroatoms. The molecule has 1 saturated heterocycles. The molecule has 2 aliphatic heterocycles. The van der Waals surface area contributed by atoms with Gasteiger partial charge in [-0.25, -0.2) is 28.4 Å². The second-order valence-electron chi connectivity index (χ2n) is 13.2. The molecule has 258 valence electrons. The predicted octanol–water partition coefficient (Wildman–Crippen LogP) is 4.51. The van der Waals surface area contributed by atoms with E-state index in [4.69, 9.17) is 26.2 Å². The van der Waals surface area contributed by atoms with Crippen molar-refractivity contribution in [3.8, 4) is 27.8 Å². The van der Waals surface area contributed by atoms with Gasteiger partial charge in [-0.3, -0.25) is 14.3 Å². The number of aryl methyl sites for hydroxylation is 2. The minimum atomic E-state index is -1.35. The molecule has 2 amide bonds. The molecule has 0 radical (unpaired) electrons. The number of imide groups is 1. The van der Waals surface area contributed by atoms with Crippen LogP contribution in [0.1, 0.15) is 36.4 Å². The number of benzene rings is 2. The molecule has 0 spiro atoms. The molecule has 3 aliphatic rings. The van der Waals surface area contributed by atoms with E-state index in [1.54, 1.807) is 43.5 Å². The molecule has 0 unspecified atom stereocenters. The van der Waals surface area contributed by atoms with Gasteiger partial charge < -0.3 is 14.6 Å². The van der Waals surface area contributed by atoms with Crippen LogP contribution in [0.2, 0.25) is 5.02 Å². The van der Waals surface area contributed by atoms with Crippen LogP contribution in [0.25, 0.3) is 20.7 Å². The molecule has 1 saturated carbocycles. The molecule has 0 bridgehead atoms. The lowest BCUT2D eigenvalue weighted by Gasteiger charge is -2.47. The zero-order valence-corrected chi connectivity index (χ0v) is 29.6. The molecule has 4 atom stereocenters. The Kier molecular flexibility index (Phi) is 7.05. The molecule has 3 aromatic heterocycles. The number of allylic oxidation sites excluding steroid dienone is 2. The Hall–Kier alpha value is -5.08. The van der Waals surface area contributed by atoms with Gasteiger partial charge in [-0.15, -0.1) is 11.3 Å². The summed E-state index contributed by atoms with van der Waals surface area (Å²) in [6, 6.07) is 10.0. The van der Waals surface area contributed by atoms with Crippen LogP contribution in [0.4, 0.5) is 5.82 Å². The number of fused-ring (bicyclic) bond motifs is 5. The van der Waals surface area contributed by atoms with Gasteiger partial charge in [0.15, 0.2) is 11.5 Å². The van der Waals surface area contributed by atoms with Crippen LogP contribution in [0.3, 0.4) is 0 Å². The number of carbonyl (C=O) groups is 2. The number of thiophene rings is 1. The van der Waals surface area contributed by atoms with Gasteiger partial charge in [-0.1, -0.05) is 17.7 Å². The van der Waals surface area contributed by atoms with Crippen LogP contribution in [-0.2, 0) is 30.2 Å². The van der Waals surface area contributed by atoms with E-state index in [1.165, 1.54) is 40.2 Å². The molecule has 5 heterocycles. The van der Waals surface area contributed by atoms with Crippen molar-refractivity contribution in [2.24, 2.45) is 25.4 Å². The number of phenols is 1. The van der Waals surface area contributed by atoms with Gasteiger partial charge in [0.1, 0.15) is 11.5 Å². The Morgan fingerprint density at radius 3 is 2.40 bits per heavy atom. The zero-order valence-electron chi connectivity index (χ0n) is 28.1. The Labute approximate surface area is 294 Å². The van der Waals surface area contributed by atoms with Crippen LogP contribution in [0.5, 0.6) is 17.2 Å². The number of halogens is 1. The summed E-state index contributed by atoms with van der Waals surface area (Å²) in [4.78, 5) is 58.3. The standard InChI is InChI=1S/C35H33ClN6O7S/c1-16-20-13-18(36)7-8-26(20)50-30(16)22-15-27(39(4)37-22)41-31(44)21-14-23-19(9-10-40-33(46)38(3)34(47)42(23)40)28(35(21,2)32(41)45)17-11-24(48-5)29(43)25(12-17)49-6/h7-9,11-13,15,21,23,28,43H,10,14H2,1-6H3/t21-,23+,28-,35+/m0/s1. The number of ether oxygens (including phenoxy) is 2. The fraction of sp³-hybridized carbons (Fsp3) is 0.343. The number of nitrogens with zero attached hydrogens (tertiary/aromatic N) is 6. The van der Waals surface area contributed by atoms with Crippen molar-refractivity contribution in [2.75, 3.05) is 19.1 Å². The Morgan fingerprint density at radius 2 is 1.72 bits per heavy atom. The monoisotopic (exact) mass is 716 g/mol. The van der Waals surface area contributed by atoms with Gasteiger partial charge in [-0.05, 0) is 72.7 Å². The number of anilines is 1. The summed E-state index contributed by atoms with van der Waals surface area (Å²) in [6.45, 7) is 3.87. The van der Waals surface area contributed by atoms with Crippen molar-refractivity contribution in [2.45, 2.75) is 38.8 Å². The number of aromatic nitrogens is 5. The van der Waals surface area contributed by atoms with Gasteiger partial charge in [0.2, 0.25) is 17.6 Å². The number of hydrogen-bond donors (Lipinski definition) is 1. The summed E-state index contributed by atoms with van der Waals surface area (Å²) in [5.41, 5.74) is 0.523. The fourth-order valence-electron chi connectivity index (χ4n) is 8.28. The van der Waals surface area contributed by atoms with Crippen molar-refractivity contribution in [3.05, 3.63) is 85.2 Å². The lowest BCUT2D eigenvalue weighted by molar-refractivity contribution is -0.129. The normalized spacial score (nSPS) is 22.8. The molecule has 2 fully saturated rings.